The van der Waals surface area contributed by atoms with E-state index >= 15 is 0 Å². The van der Waals surface area contributed by atoms with Crippen LogP contribution in [0.4, 0.5) is 9.18 Å². The molecule has 0 saturated carbocycles. The van der Waals surface area contributed by atoms with Crippen LogP contribution in [0.25, 0.3) is 11.1 Å². The molecule has 3 N–H and O–H groups in total. The summed E-state index contributed by atoms with van der Waals surface area (Å²) in [5, 5.41) is 22.8. The third-order valence-electron chi connectivity index (χ3n) is 2.95. The van der Waals surface area contributed by atoms with Crippen molar-refractivity contribution < 1.29 is 29.3 Å². The molecule has 2 aromatic carbocycles. The van der Waals surface area contributed by atoms with E-state index in [0.29, 0.717) is 11.1 Å². The summed E-state index contributed by atoms with van der Waals surface area (Å²) < 4.78 is 14.0. The van der Waals surface area contributed by atoms with Gasteiger partial charge in [-0.3, -0.25) is 4.79 Å². The molecule has 0 aliphatic rings. The summed E-state index contributed by atoms with van der Waals surface area (Å²) in [5.41, 5.74) is 1.74. The van der Waals surface area contributed by atoms with Gasteiger partial charge >= 0.3 is 41.7 Å². The minimum absolute atomic E-state index is 0. The Labute approximate surface area is 154 Å². The van der Waals surface area contributed by atoms with Crippen molar-refractivity contribution in [2.24, 2.45) is 0 Å². The van der Waals surface area contributed by atoms with Gasteiger partial charge in [-0.05, 0) is 24.1 Å². The van der Waals surface area contributed by atoms with Gasteiger partial charge in [-0.1, -0.05) is 42.5 Å². The van der Waals surface area contributed by atoms with E-state index in [4.69, 9.17) is 20.1 Å². The molecule has 2 aromatic rings. The zero-order valence-electron chi connectivity index (χ0n) is 11.7. The standard InChI is InChI=1S/C15H13FO2.CH2O3.Na.H/c1-10(15(17)18)12-7-8-13(14(16)9-12)11-5-3-2-4-6-11;2-1(3)4;;/h2-10H,1H3,(H,17,18);(H2,2,3,4);;. The van der Waals surface area contributed by atoms with Crippen molar-refractivity contribution in [1.29, 1.82) is 0 Å². The number of rotatable bonds is 3. The number of carbonyl (C=O) groups is 2. The molecule has 0 aliphatic heterocycles. The molecule has 1 unspecified atom stereocenters. The van der Waals surface area contributed by atoms with Crippen molar-refractivity contribution in [3.63, 3.8) is 0 Å². The summed E-state index contributed by atoms with van der Waals surface area (Å²) in [6.07, 6.45) is -1.83. The van der Waals surface area contributed by atoms with Gasteiger partial charge in [-0.25, -0.2) is 9.18 Å². The van der Waals surface area contributed by atoms with Crippen LogP contribution >= 0.6 is 0 Å². The fourth-order valence-corrected chi connectivity index (χ4v) is 1.80. The number of halogens is 1. The maximum absolute atomic E-state index is 14.0. The van der Waals surface area contributed by atoms with E-state index in [0.717, 1.165) is 5.56 Å². The van der Waals surface area contributed by atoms with E-state index in [1.807, 2.05) is 30.3 Å². The number of aliphatic carboxylic acids is 1. The van der Waals surface area contributed by atoms with Gasteiger partial charge in [0.05, 0.1) is 5.92 Å². The molecule has 0 fully saturated rings. The first-order valence-corrected chi connectivity index (χ1v) is 6.32. The van der Waals surface area contributed by atoms with Crippen molar-refractivity contribution in [3.05, 3.63) is 59.9 Å². The zero-order chi connectivity index (χ0) is 16.7. The topological polar surface area (TPSA) is 94.8 Å². The van der Waals surface area contributed by atoms with Crippen LogP contribution in [0.3, 0.4) is 0 Å². The summed E-state index contributed by atoms with van der Waals surface area (Å²) in [4.78, 5) is 19.4. The number of carboxylic acids is 1. The number of benzene rings is 2. The second kappa shape index (κ2) is 9.99. The zero-order valence-corrected chi connectivity index (χ0v) is 11.7. The summed E-state index contributed by atoms with van der Waals surface area (Å²) in [6, 6.07) is 13.7. The molecule has 0 saturated heterocycles. The second-order valence-electron chi connectivity index (χ2n) is 4.45. The Kier molecular flexibility index (Phi) is 9.17. The van der Waals surface area contributed by atoms with Crippen LogP contribution in [0.1, 0.15) is 18.4 Å². The van der Waals surface area contributed by atoms with Crippen molar-refractivity contribution in [1.82, 2.24) is 0 Å². The van der Waals surface area contributed by atoms with E-state index in [-0.39, 0.29) is 29.6 Å². The van der Waals surface area contributed by atoms with Gasteiger partial charge in [0.25, 0.3) is 0 Å². The van der Waals surface area contributed by atoms with Crippen LogP contribution in [0.5, 0.6) is 0 Å². The monoisotopic (exact) mass is 330 g/mol. The fraction of sp³-hybridized carbons (Fsp3) is 0.125. The third kappa shape index (κ3) is 6.81. The first-order valence-electron chi connectivity index (χ1n) is 6.32. The third-order valence-corrected chi connectivity index (χ3v) is 2.95. The minimum atomic E-state index is -1.83. The van der Waals surface area contributed by atoms with Crippen molar-refractivity contribution in [3.8, 4) is 11.1 Å². The molecular weight excluding hydrogens is 314 g/mol. The second-order valence-corrected chi connectivity index (χ2v) is 4.45. The summed E-state index contributed by atoms with van der Waals surface area (Å²) >= 11 is 0. The normalized spacial score (nSPS) is 10.5. The molecule has 0 aliphatic carbocycles. The van der Waals surface area contributed by atoms with Gasteiger partial charge in [0, 0.05) is 5.56 Å². The van der Waals surface area contributed by atoms with Gasteiger partial charge in [0.15, 0.2) is 0 Å². The molecule has 5 nitrogen and oxygen atoms in total. The fourth-order valence-electron chi connectivity index (χ4n) is 1.80. The van der Waals surface area contributed by atoms with Crippen LogP contribution in [-0.2, 0) is 4.79 Å². The summed E-state index contributed by atoms with van der Waals surface area (Å²) in [7, 11) is 0. The van der Waals surface area contributed by atoms with Gasteiger partial charge < -0.3 is 15.3 Å². The Morgan fingerprint density at radius 2 is 1.52 bits per heavy atom. The first kappa shape index (κ1) is 21.1. The van der Waals surface area contributed by atoms with Crippen molar-refractivity contribution in [2.75, 3.05) is 0 Å². The predicted octanol–water partition coefficient (Wildman–Crippen LogP) is 3.25. The molecule has 0 spiro atoms. The molecular formula is C16H16FNaO5. The van der Waals surface area contributed by atoms with Crippen LogP contribution < -0.4 is 0 Å². The summed E-state index contributed by atoms with van der Waals surface area (Å²) in [6.45, 7) is 1.54. The molecule has 0 radical (unpaired) electrons. The number of hydrogen-bond acceptors (Lipinski definition) is 2. The molecule has 0 amide bonds. The van der Waals surface area contributed by atoms with Gasteiger partial charge in [0.1, 0.15) is 5.82 Å². The Morgan fingerprint density at radius 1 is 1.00 bits per heavy atom. The Morgan fingerprint density at radius 3 is 1.96 bits per heavy atom. The van der Waals surface area contributed by atoms with Crippen molar-refractivity contribution >= 4 is 41.7 Å². The predicted molar refractivity (Wildman–Crippen MR) is 85.7 cm³/mol. The Bertz CT molecular complexity index is 657. The molecule has 0 aromatic heterocycles. The van der Waals surface area contributed by atoms with Crippen LogP contribution in [0.15, 0.2) is 48.5 Å². The van der Waals surface area contributed by atoms with Crippen LogP contribution in [-0.4, -0.2) is 57.0 Å². The van der Waals surface area contributed by atoms with Crippen LogP contribution in [0, 0.1) is 5.82 Å². The van der Waals surface area contributed by atoms with Gasteiger partial charge in [-0.2, -0.15) is 0 Å². The molecule has 118 valence electrons. The van der Waals surface area contributed by atoms with Gasteiger partial charge in [-0.15, -0.1) is 0 Å². The van der Waals surface area contributed by atoms with Crippen molar-refractivity contribution in [2.45, 2.75) is 12.8 Å². The van der Waals surface area contributed by atoms with E-state index in [1.165, 1.54) is 6.07 Å². The van der Waals surface area contributed by atoms with Crippen LogP contribution in [0.2, 0.25) is 0 Å². The number of carboxylic acid groups (broad SMARTS) is 3. The molecule has 2 rings (SSSR count). The first-order chi connectivity index (χ1) is 10.3. The molecule has 7 heteroatoms. The Hall–Kier alpha value is -1.89. The molecule has 23 heavy (non-hydrogen) atoms. The SMILES string of the molecule is CC(C(=O)O)c1ccc(-c2ccccc2)c(F)c1.O=C(O)O.[NaH]. The quantitative estimate of drug-likeness (QED) is 0.751. The van der Waals surface area contributed by atoms with E-state index in [1.54, 1.807) is 19.1 Å². The molecule has 0 bridgehead atoms. The van der Waals surface area contributed by atoms with E-state index in [2.05, 4.69) is 0 Å². The number of hydrogen-bond donors (Lipinski definition) is 3. The molecule has 0 heterocycles. The summed E-state index contributed by atoms with van der Waals surface area (Å²) in [5.74, 6) is -2.06. The average Bonchev–Trinajstić information content (AvgIpc) is 2.46. The Balaban J connectivity index is 0.000000871. The average molecular weight is 330 g/mol. The van der Waals surface area contributed by atoms with Gasteiger partial charge in [0.2, 0.25) is 0 Å². The molecule has 1 atom stereocenters. The van der Waals surface area contributed by atoms with E-state index in [9.17, 15) is 9.18 Å². The van der Waals surface area contributed by atoms with E-state index < -0.39 is 23.9 Å². The maximum atomic E-state index is 14.0.